The number of halogens is 2. The molecule has 0 spiro atoms. The Bertz CT molecular complexity index is 900. The van der Waals surface area contributed by atoms with Crippen molar-refractivity contribution in [1.82, 2.24) is 0 Å². The first-order valence-corrected chi connectivity index (χ1v) is 10.3. The Morgan fingerprint density at radius 1 is 0.815 bits per heavy atom. The summed E-state index contributed by atoms with van der Waals surface area (Å²) in [5.74, 6) is 0. The van der Waals surface area contributed by atoms with Gasteiger partial charge in [0.25, 0.3) is 0 Å². The normalized spacial score (nSPS) is 11.6. The van der Waals surface area contributed by atoms with Crippen LogP contribution in [0.15, 0.2) is 60.7 Å². The number of fused-ring (bicyclic) bond motifs is 1. The van der Waals surface area contributed by atoms with Gasteiger partial charge in [0.2, 0.25) is 0 Å². The van der Waals surface area contributed by atoms with Crippen LogP contribution >= 0.6 is 23.2 Å². The van der Waals surface area contributed by atoms with Gasteiger partial charge in [-0.1, -0.05) is 65.7 Å². The number of rotatable bonds is 7. The standard InChI is InChI=1S/C23H26Cl2N2/c1-4-26-22-16-15-21(19-9-7-8-10-20(19)22)23(24,25)17-11-13-18(14-12-17)27(5-2)6-3/h7-16,26H,4-6H2,1-3H3. The van der Waals surface area contributed by atoms with Crippen LogP contribution in [0.2, 0.25) is 0 Å². The minimum absolute atomic E-state index is 0.864. The van der Waals surface area contributed by atoms with Crippen molar-refractivity contribution in [3.63, 3.8) is 0 Å². The third-order valence-electron chi connectivity index (χ3n) is 4.99. The van der Waals surface area contributed by atoms with E-state index in [1.54, 1.807) is 0 Å². The first kappa shape index (κ1) is 19.9. The lowest BCUT2D eigenvalue weighted by atomic mass is 9.96. The van der Waals surface area contributed by atoms with Crippen LogP contribution in [0, 0.1) is 0 Å². The molecule has 142 valence electrons. The third-order valence-corrected chi connectivity index (χ3v) is 5.83. The van der Waals surface area contributed by atoms with Crippen molar-refractivity contribution in [3.8, 4) is 0 Å². The largest absolute Gasteiger partial charge is 0.385 e. The number of hydrogen-bond acceptors (Lipinski definition) is 2. The second-order valence-electron chi connectivity index (χ2n) is 6.53. The minimum Gasteiger partial charge on any atom is -0.385 e. The molecule has 0 atom stereocenters. The average Bonchev–Trinajstić information content (AvgIpc) is 2.69. The van der Waals surface area contributed by atoms with E-state index < -0.39 is 4.33 Å². The molecule has 27 heavy (non-hydrogen) atoms. The molecule has 0 saturated heterocycles. The van der Waals surface area contributed by atoms with Crippen molar-refractivity contribution >= 4 is 45.3 Å². The average molecular weight is 401 g/mol. The molecule has 0 aromatic heterocycles. The number of hydrogen-bond donors (Lipinski definition) is 1. The van der Waals surface area contributed by atoms with Crippen molar-refractivity contribution in [2.45, 2.75) is 25.1 Å². The molecule has 1 N–H and O–H groups in total. The Morgan fingerprint density at radius 3 is 2.04 bits per heavy atom. The molecule has 0 radical (unpaired) electrons. The molecule has 0 aliphatic rings. The van der Waals surface area contributed by atoms with Gasteiger partial charge in [-0.15, -0.1) is 0 Å². The summed E-state index contributed by atoms with van der Waals surface area (Å²) in [6, 6.07) is 20.6. The molecule has 0 fully saturated rings. The van der Waals surface area contributed by atoms with Gasteiger partial charge in [0.15, 0.2) is 4.33 Å². The van der Waals surface area contributed by atoms with E-state index in [4.69, 9.17) is 23.2 Å². The Labute approximate surface area is 172 Å². The summed E-state index contributed by atoms with van der Waals surface area (Å²) < 4.78 is -1.12. The smallest absolute Gasteiger partial charge is 0.168 e. The Morgan fingerprint density at radius 2 is 1.44 bits per heavy atom. The molecule has 3 aromatic rings. The maximum absolute atomic E-state index is 6.93. The van der Waals surface area contributed by atoms with E-state index in [1.165, 1.54) is 5.69 Å². The molecule has 3 rings (SSSR count). The highest BCUT2D eigenvalue weighted by Crippen LogP contribution is 2.45. The van der Waals surface area contributed by atoms with E-state index in [0.29, 0.717) is 0 Å². The van der Waals surface area contributed by atoms with Crippen LogP contribution in [0.4, 0.5) is 11.4 Å². The fourth-order valence-corrected chi connectivity index (χ4v) is 4.12. The summed E-state index contributed by atoms with van der Waals surface area (Å²) in [4.78, 5) is 2.30. The fraction of sp³-hybridized carbons (Fsp3) is 0.304. The molecule has 3 aromatic carbocycles. The Kier molecular flexibility index (Phi) is 6.18. The first-order chi connectivity index (χ1) is 13.0. The molecule has 0 heterocycles. The zero-order valence-corrected chi connectivity index (χ0v) is 17.6. The van der Waals surface area contributed by atoms with Crippen LogP contribution in [0.5, 0.6) is 0 Å². The fourth-order valence-electron chi connectivity index (χ4n) is 3.54. The number of benzene rings is 3. The maximum atomic E-state index is 6.93. The van der Waals surface area contributed by atoms with Crippen LogP contribution in [0.25, 0.3) is 10.8 Å². The number of nitrogens with zero attached hydrogens (tertiary/aromatic N) is 1. The first-order valence-electron chi connectivity index (χ1n) is 9.52. The molecule has 4 heteroatoms. The highest BCUT2D eigenvalue weighted by atomic mass is 35.5. The summed E-state index contributed by atoms with van der Waals surface area (Å²) >= 11 is 13.9. The highest BCUT2D eigenvalue weighted by molar-refractivity contribution is 6.50. The van der Waals surface area contributed by atoms with E-state index in [2.05, 4.69) is 61.3 Å². The summed E-state index contributed by atoms with van der Waals surface area (Å²) in [7, 11) is 0. The summed E-state index contributed by atoms with van der Waals surface area (Å²) in [5, 5.41) is 5.60. The molecule has 0 aliphatic heterocycles. The Balaban J connectivity index is 2.06. The van der Waals surface area contributed by atoms with Crippen molar-refractivity contribution in [2.75, 3.05) is 29.9 Å². The van der Waals surface area contributed by atoms with E-state index in [0.717, 1.165) is 47.2 Å². The lowest BCUT2D eigenvalue weighted by Gasteiger charge is -2.25. The second-order valence-corrected chi connectivity index (χ2v) is 7.86. The van der Waals surface area contributed by atoms with Crippen LogP contribution in [-0.2, 0) is 4.33 Å². The van der Waals surface area contributed by atoms with Gasteiger partial charge in [-0.2, -0.15) is 0 Å². The van der Waals surface area contributed by atoms with E-state index >= 15 is 0 Å². The van der Waals surface area contributed by atoms with Crippen LogP contribution in [0.1, 0.15) is 31.9 Å². The third kappa shape index (κ3) is 3.88. The monoisotopic (exact) mass is 400 g/mol. The van der Waals surface area contributed by atoms with Gasteiger partial charge in [-0.25, -0.2) is 0 Å². The summed E-state index contributed by atoms with van der Waals surface area (Å²) in [6.45, 7) is 9.21. The van der Waals surface area contributed by atoms with Crippen LogP contribution in [0.3, 0.4) is 0 Å². The van der Waals surface area contributed by atoms with Crippen molar-refractivity contribution in [3.05, 3.63) is 71.8 Å². The summed E-state index contributed by atoms with van der Waals surface area (Å²) in [6.07, 6.45) is 0. The van der Waals surface area contributed by atoms with Crippen LogP contribution in [-0.4, -0.2) is 19.6 Å². The molecular formula is C23H26Cl2N2. The predicted octanol–water partition coefficient (Wildman–Crippen LogP) is 6.80. The highest BCUT2D eigenvalue weighted by Gasteiger charge is 2.31. The minimum atomic E-state index is -1.12. The van der Waals surface area contributed by atoms with E-state index in [9.17, 15) is 0 Å². The van der Waals surface area contributed by atoms with Gasteiger partial charge in [0.1, 0.15) is 0 Å². The van der Waals surface area contributed by atoms with Gasteiger partial charge in [0, 0.05) is 42.0 Å². The second kappa shape index (κ2) is 8.41. The van der Waals surface area contributed by atoms with Gasteiger partial charge in [-0.3, -0.25) is 0 Å². The Hall–Kier alpha value is -1.90. The van der Waals surface area contributed by atoms with Gasteiger partial charge < -0.3 is 10.2 Å². The van der Waals surface area contributed by atoms with Gasteiger partial charge in [0.05, 0.1) is 0 Å². The molecule has 2 nitrogen and oxygen atoms in total. The van der Waals surface area contributed by atoms with Crippen molar-refractivity contribution in [1.29, 1.82) is 0 Å². The summed E-state index contributed by atoms with van der Waals surface area (Å²) in [5.41, 5.74) is 4.06. The number of nitrogens with one attached hydrogen (secondary N) is 1. The van der Waals surface area contributed by atoms with Crippen LogP contribution < -0.4 is 10.2 Å². The molecule has 0 amide bonds. The van der Waals surface area contributed by atoms with Gasteiger partial charge in [-0.05, 0) is 49.9 Å². The predicted molar refractivity (Wildman–Crippen MR) is 121 cm³/mol. The van der Waals surface area contributed by atoms with E-state index in [1.807, 2.05) is 30.3 Å². The quantitative estimate of drug-likeness (QED) is 0.438. The molecule has 0 saturated carbocycles. The zero-order chi connectivity index (χ0) is 19.4. The van der Waals surface area contributed by atoms with Gasteiger partial charge >= 0.3 is 0 Å². The number of anilines is 2. The van der Waals surface area contributed by atoms with Crippen molar-refractivity contribution in [2.24, 2.45) is 0 Å². The molecule has 0 aliphatic carbocycles. The SMILES string of the molecule is CCNc1ccc(C(Cl)(Cl)c2ccc(N(CC)CC)cc2)c2ccccc12. The maximum Gasteiger partial charge on any atom is 0.168 e. The number of alkyl halides is 2. The van der Waals surface area contributed by atoms with Crippen molar-refractivity contribution < 1.29 is 0 Å². The van der Waals surface area contributed by atoms with E-state index in [-0.39, 0.29) is 0 Å². The lowest BCUT2D eigenvalue weighted by Crippen LogP contribution is -2.22. The zero-order valence-electron chi connectivity index (χ0n) is 16.1. The molecule has 0 unspecified atom stereocenters. The lowest BCUT2D eigenvalue weighted by molar-refractivity contribution is 0.865. The molecular weight excluding hydrogens is 375 g/mol. The topological polar surface area (TPSA) is 15.3 Å². The molecule has 0 bridgehead atoms.